The fraction of sp³-hybridized carbons (Fsp3) is 0. The number of nitrogens with zero attached hydrogens (tertiary/aromatic N) is 1. The number of hydrogen-bond acceptors (Lipinski definition) is 3. The summed E-state index contributed by atoms with van der Waals surface area (Å²) in [5.74, 6) is 0. The molecule has 18 heavy (non-hydrogen) atoms. The molecule has 0 saturated carbocycles. The van der Waals surface area contributed by atoms with Crippen molar-refractivity contribution < 1.29 is 0 Å². The average Bonchev–Trinajstić information content (AvgIpc) is 2.82. The van der Waals surface area contributed by atoms with Crippen LogP contribution in [0.2, 0.25) is 0 Å². The first kappa shape index (κ1) is 11.5. The van der Waals surface area contributed by atoms with Gasteiger partial charge >= 0.3 is 0 Å². The van der Waals surface area contributed by atoms with E-state index in [1.165, 1.54) is 10.8 Å². The summed E-state index contributed by atoms with van der Waals surface area (Å²) in [6.45, 7) is 0. The lowest BCUT2D eigenvalue weighted by Crippen LogP contribution is -1.76. The van der Waals surface area contributed by atoms with Crippen molar-refractivity contribution in [1.82, 2.24) is 0 Å². The topological polar surface area (TPSA) is 12.4 Å². The largest absolute Gasteiger partial charge is 0.256 e. The Bertz CT molecular complexity index is 713. The predicted molar refractivity (Wildman–Crippen MR) is 82.8 cm³/mol. The summed E-state index contributed by atoms with van der Waals surface area (Å²) < 4.78 is 1.000. The number of rotatable bonds is 2. The smallest absolute Gasteiger partial charge is 0.0656 e. The van der Waals surface area contributed by atoms with E-state index < -0.39 is 0 Å². The number of aliphatic imine (C=N–C) groups is 1. The van der Waals surface area contributed by atoms with Crippen molar-refractivity contribution in [2.45, 2.75) is 4.21 Å². The fourth-order valence-corrected chi connectivity index (χ4v) is 2.73. The van der Waals surface area contributed by atoms with Gasteiger partial charge in [-0.3, -0.25) is 4.99 Å². The van der Waals surface area contributed by atoms with Gasteiger partial charge in [0.2, 0.25) is 0 Å². The lowest BCUT2D eigenvalue weighted by atomic mass is 10.1. The predicted octanol–water partition coefficient (Wildman–Crippen LogP) is 4.94. The van der Waals surface area contributed by atoms with Crippen LogP contribution < -0.4 is 0 Å². The van der Waals surface area contributed by atoms with E-state index >= 15 is 0 Å². The maximum absolute atomic E-state index is 4.49. The molecule has 0 aliphatic heterocycles. The highest BCUT2D eigenvalue weighted by Gasteiger charge is 1.97. The van der Waals surface area contributed by atoms with E-state index in [-0.39, 0.29) is 0 Å². The summed E-state index contributed by atoms with van der Waals surface area (Å²) in [6.07, 6.45) is 1.86. The van der Waals surface area contributed by atoms with Crippen molar-refractivity contribution in [3.8, 4) is 0 Å². The van der Waals surface area contributed by atoms with Crippen LogP contribution >= 0.6 is 24.0 Å². The summed E-state index contributed by atoms with van der Waals surface area (Å²) in [5.41, 5.74) is 2.03. The summed E-state index contributed by atoms with van der Waals surface area (Å²) in [7, 11) is 0. The zero-order valence-electron chi connectivity index (χ0n) is 9.58. The lowest BCUT2D eigenvalue weighted by Gasteiger charge is -1.98. The van der Waals surface area contributed by atoms with Gasteiger partial charge in [-0.1, -0.05) is 30.3 Å². The van der Waals surface area contributed by atoms with Gasteiger partial charge in [-0.25, -0.2) is 0 Å². The third-order valence-electron chi connectivity index (χ3n) is 2.76. The van der Waals surface area contributed by atoms with Crippen molar-refractivity contribution >= 4 is 46.6 Å². The second kappa shape index (κ2) is 4.96. The van der Waals surface area contributed by atoms with Crippen molar-refractivity contribution in [2.24, 2.45) is 4.99 Å². The van der Waals surface area contributed by atoms with Gasteiger partial charge in [0.15, 0.2) is 0 Å². The van der Waals surface area contributed by atoms with Gasteiger partial charge in [0.1, 0.15) is 0 Å². The Hall–Kier alpha value is -1.58. The molecule has 0 aliphatic rings. The first-order chi connectivity index (χ1) is 8.83. The zero-order valence-corrected chi connectivity index (χ0v) is 11.3. The molecular formula is C15H11NS2. The van der Waals surface area contributed by atoms with Crippen LogP contribution in [-0.2, 0) is 0 Å². The second-order valence-electron chi connectivity index (χ2n) is 3.97. The van der Waals surface area contributed by atoms with Gasteiger partial charge in [0.05, 0.1) is 9.90 Å². The molecule has 1 aromatic heterocycles. The zero-order chi connectivity index (χ0) is 12.4. The molecule has 0 amide bonds. The minimum absolute atomic E-state index is 0.965. The maximum Gasteiger partial charge on any atom is 0.0656 e. The molecule has 3 heteroatoms. The van der Waals surface area contributed by atoms with Crippen LogP contribution in [-0.4, -0.2) is 6.21 Å². The van der Waals surface area contributed by atoms with Crippen LogP contribution in [0.15, 0.2) is 63.1 Å². The van der Waals surface area contributed by atoms with E-state index in [1.54, 1.807) is 11.3 Å². The molecule has 0 fully saturated rings. The van der Waals surface area contributed by atoms with Crippen LogP contribution in [0.3, 0.4) is 0 Å². The van der Waals surface area contributed by atoms with E-state index in [9.17, 15) is 0 Å². The van der Waals surface area contributed by atoms with Crippen LogP contribution in [0.1, 0.15) is 5.56 Å². The van der Waals surface area contributed by atoms with Gasteiger partial charge in [-0.05, 0) is 34.4 Å². The Labute approximate surface area is 115 Å². The van der Waals surface area contributed by atoms with Crippen molar-refractivity contribution in [2.75, 3.05) is 0 Å². The Morgan fingerprint density at radius 3 is 2.61 bits per heavy atom. The van der Waals surface area contributed by atoms with Gasteiger partial charge in [-0.15, -0.1) is 24.0 Å². The number of fused-ring (bicyclic) bond motifs is 1. The number of thiol groups is 1. The fourth-order valence-electron chi connectivity index (χ4n) is 1.81. The molecule has 0 aliphatic carbocycles. The number of benzene rings is 2. The minimum atomic E-state index is 0.965. The van der Waals surface area contributed by atoms with Crippen molar-refractivity contribution in [3.63, 3.8) is 0 Å². The monoisotopic (exact) mass is 269 g/mol. The van der Waals surface area contributed by atoms with Gasteiger partial charge in [0, 0.05) is 11.8 Å². The third-order valence-corrected chi connectivity index (χ3v) is 4.07. The normalized spacial score (nSPS) is 11.4. The SMILES string of the molecule is Sc1sccc1C=Nc1ccc2ccccc2c1. The highest BCUT2D eigenvalue weighted by atomic mass is 32.2. The average molecular weight is 269 g/mol. The lowest BCUT2D eigenvalue weighted by molar-refractivity contribution is 1.54. The summed E-state index contributed by atoms with van der Waals surface area (Å²) in [6, 6.07) is 16.5. The molecule has 3 aromatic rings. The minimum Gasteiger partial charge on any atom is -0.256 e. The first-order valence-electron chi connectivity index (χ1n) is 5.62. The molecule has 0 saturated heterocycles. The van der Waals surface area contributed by atoms with E-state index in [0.29, 0.717) is 0 Å². The molecule has 0 radical (unpaired) electrons. The molecule has 0 spiro atoms. The third kappa shape index (κ3) is 2.33. The van der Waals surface area contributed by atoms with E-state index in [2.05, 4.69) is 41.9 Å². The molecule has 88 valence electrons. The molecule has 2 aromatic carbocycles. The molecule has 1 heterocycles. The standard InChI is InChI=1S/C15H11NS2/c17-15-13(7-8-18-15)10-16-14-6-5-11-3-1-2-4-12(11)9-14/h1-10,17H. The highest BCUT2D eigenvalue weighted by Crippen LogP contribution is 2.23. The molecule has 1 nitrogen and oxygen atoms in total. The van der Waals surface area contributed by atoms with Crippen LogP contribution in [0.4, 0.5) is 5.69 Å². The highest BCUT2D eigenvalue weighted by molar-refractivity contribution is 7.83. The van der Waals surface area contributed by atoms with Gasteiger partial charge in [-0.2, -0.15) is 0 Å². The number of hydrogen-bond donors (Lipinski definition) is 1. The van der Waals surface area contributed by atoms with Crippen LogP contribution in [0.5, 0.6) is 0 Å². The Balaban J connectivity index is 1.95. The first-order valence-corrected chi connectivity index (χ1v) is 6.95. The van der Waals surface area contributed by atoms with Crippen LogP contribution in [0.25, 0.3) is 10.8 Å². The Kier molecular flexibility index (Phi) is 3.17. The van der Waals surface area contributed by atoms with E-state index in [1.807, 2.05) is 35.9 Å². The Morgan fingerprint density at radius 1 is 1.00 bits per heavy atom. The van der Waals surface area contributed by atoms with Crippen LogP contribution in [0, 0.1) is 0 Å². The number of thiophene rings is 1. The molecule has 0 bridgehead atoms. The van der Waals surface area contributed by atoms with Gasteiger partial charge in [0.25, 0.3) is 0 Å². The van der Waals surface area contributed by atoms with Crippen molar-refractivity contribution in [1.29, 1.82) is 0 Å². The Morgan fingerprint density at radius 2 is 1.83 bits per heavy atom. The molecule has 0 N–H and O–H groups in total. The summed E-state index contributed by atoms with van der Waals surface area (Å²) in [5, 5.41) is 4.47. The summed E-state index contributed by atoms with van der Waals surface area (Å²) >= 11 is 6.00. The van der Waals surface area contributed by atoms with E-state index in [0.717, 1.165) is 15.5 Å². The quantitative estimate of drug-likeness (QED) is 0.500. The van der Waals surface area contributed by atoms with Crippen molar-refractivity contribution in [3.05, 3.63) is 59.5 Å². The molecule has 0 unspecified atom stereocenters. The van der Waals surface area contributed by atoms with E-state index in [4.69, 9.17) is 0 Å². The van der Waals surface area contributed by atoms with Gasteiger partial charge < -0.3 is 0 Å². The summed E-state index contributed by atoms with van der Waals surface area (Å²) in [4.78, 5) is 4.49. The molecule has 3 rings (SSSR count). The molecular weight excluding hydrogens is 258 g/mol. The maximum atomic E-state index is 4.49. The second-order valence-corrected chi connectivity index (χ2v) is 5.64. The molecule has 0 atom stereocenters.